The van der Waals surface area contributed by atoms with E-state index in [1.54, 1.807) is 18.2 Å². The van der Waals surface area contributed by atoms with Crippen molar-refractivity contribution >= 4 is 34.9 Å². The lowest BCUT2D eigenvalue weighted by atomic mass is 10.1. The van der Waals surface area contributed by atoms with Crippen LogP contribution in [0, 0.1) is 6.92 Å². The van der Waals surface area contributed by atoms with E-state index in [1.165, 1.54) is 0 Å². The molecule has 4 rings (SSSR count). The number of nitrogens with zero attached hydrogens (tertiary/aromatic N) is 4. The minimum Gasteiger partial charge on any atom is -0.492 e. The number of rotatable bonds is 7. The Morgan fingerprint density at radius 1 is 1.00 bits per heavy atom. The highest BCUT2D eigenvalue weighted by molar-refractivity contribution is 6.35. The highest BCUT2D eigenvalue weighted by Gasteiger charge is 2.22. The van der Waals surface area contributed by atoms with Crippen LogP contribution in [0.4, 0.5) is 5.82 Å². The van der Waals surface area contributed by atoms with E-state index in [4.69, 9.17) is 27.9 Å². The van der Waals surface area contributed by atoms with Crippen molar-refractivity contribution in [2.45, 2.75) is 19.8 Å². The van der Waals surface area contributed by atoms with Gasteiger partial charge in [-0.2, -0.15) is 0 Å². The number of amides is 1. The molecule has 0 saturated carbocycles. The third-order valence-corrected chi connectivity index (χ3v) is 6.07. The Morgan fingerprint density at radius 3 is 2.48 bits per heavy atom. The van der Waals surface area contributed by atoms with Crippen molar-refractivity contribution in [1.82, 2.24) is 14.9 Å². The molecule has 0 atom stereocenters. The summed E-state index contributed by atoms with van der Waals surface area (Å²) in [5, 5.41) is 1.04. The van der Waals surface area contributed by atoms with Crippen molar-refractivity contribution in [3.63, 3.8) is 0 Å². The number of aryl methyl sites for hydroxylation is 1. The molecule has 1 fully saturated rings. The fraction of sp³-hybridized carbons (Fsp3) is 0.320. The van der Waals surface area contributed by atoms with Crippen molar-refractivity contribution in [3.05, 3.63) is 70.5 Å². The first-order chi connectivity index (χ1) is 16.0. The lowest BCUT2D eigenvalue weighted by molar-refractivity contribution is -0.131. The second kappa shape index (κ2) is 10.9. The van der Waals surface area contributed by atoms with E-state index in [9.17, 15) is 4.79 Å². The van der Waals surface area contributed by atoms with Gasteiger partial charge >= 0.3 is 0 Å². The van der Waals surface area contributed by atoms with Gasteiger partial charge in [-0.15, -0.1) is 0 Å². The highest BCUT2D eigenvalue weighted by atomic mass is 35.5. The molecule has 1 saturated heterocycles. The minimum atomic E-state index is 0.143. The van der Waals surface area contributed by atoms with Gasteiger partial charge in [-0.05, 0) is 31.5 Å². The molecule has 33 heavy (non-hydrogen) atoms. The summed E-state index contributed by atoms with van der Waals surface area (Å²) in [7, 11) is 0. The van der Waals surface area contributed by atoms with Crippen molar-refractivity contribution < 1.29 is 9.53 Å². The van der Waals surface area contributed by atoms with Gasteiger partial charge in [0, 0.05) is 49.3 Å². The van der Waals surface area contributed by atoms with Gasteiger partial charge in [0.05, 0.1) is 17.3 Å². The van der Waals surface area contributed by atoms with Crippen LogP contribution in [0.3, 0.4) is 0 Å². The number of piperazine rings is 1. The highest BCUT2D eigenvalue weighted by Crippen LogP contribution is 2.27. The van der Waals surface area contributed by atoms with Crippen LogP contribution in [0.1, 0.15) is 18.7 Å². The predicted molar refractivity (Wildman–Crippen MR) is 132 cm³/mol. The Bertz CT molecular complexity index is 1100. The molecule has 0 N–H and O–H groups in total. The first kappa shape index (κ1) is 23.3. The van der Waals surface area contributed by atoms with Crippen LogP contribution in [-0.2, 0) is 4.79 Å². The number of carbonyl (C=O) groups excluding carboxylic acids is 1. The molecule has 1 aliphatic heterocycles. The molecule has 172 valence electrons. The number of carbonyl (C=O) groups is 1. The molecule has 0 bridgehead atoms. The standard InChI is InChI=1S/C25H26Cl2N4O2/c1-18-28-22(19-6-3-2-4-7-19)17-24(29-18)30-11-13-31(14-12-30)25(32)8-5-15-33-23-10-9-20(26)16-21(23)27/h2-4,6-7,9-10,16-17H,5,8,11-15H2,1H3. The number of ether oxygens (including phenoxy) is 1. The molecule has 0 unspecified atom stereocenters. The van der Waals surface area contributed by atoms with E-state index in [0.717, 1.165) is 36.0 Å². The van der Waals surface area contributed by atoms with Crippen molar-refractivity contribution in [2.75, 3.05) is 37.7 Å². The summed E-state index contributed by atoms with van der Waals surface area (Å²) in [6.07, 6.45) is 1.07. The smallest absolute Gasteiger partial charge is 0.222 e. The summed E-state index contributed by atoms with van der Waals surface area (Å²) in [6, 6.07) is 17.2. The number of aromatic nitrogens is 2. The number of hydrogen-bond acceptors (Lipinski definition) is 5. The normalized spacial score (nSPS) is 13.8. The molecular weight excluding hydrogens is 459 g/mol. The lowest BCUT2D eigenvalue weighted by Gasteiger charge is -2.35. The fourth-order valence-corrected chi connectivity index (χ4v) is 4.27. The molecule has 1 aromatic heterocycles. The molecule has 3 aromatic rings. The molecule has 0 spiro atoms. The maximum absolute atomic E-state index is 12.6. The van der Waals surface area contributed by atoms with Gasteiger partial charge in [0.2, 0.25) is 5.91 Å². The van der Waals surface area contributed by atoms with E-state index < -0.39 is 0 Å². The Labute approximate surface area is 204 Å². The molecule has 6 nitrogen and oxygen atoms in total. The summed E-state index contributed by atoms with van der Waals surface area (Å²) < 4.78 is 5.68. The van der Waals surface area contributed by atoms with Crippen LogP contribution in [0.25, 0.3) is 11.3 Å². The third-order valence-electron chi connectivity index (χ3n) is 5.54. The average molecular weight is 485 g/mol. The van der Waals surface area contributed by atoms with E-state index >= 15 is 0 Å². The predicted octanol–water partition coefficient (Wildman–Crippen LogP) is 5.27. The summed E-state index contributed by atoms with van der Waals surface area (Å²) in [5.41, 5.74) is 1.98. The Hall–Kier alpha value is -2.83. The summed E-state index contributed by atoms with van der Waals surface area (Å²) in [5.74, 6) is 2.37. The molecule has 1 amide bonds. The lowest BCUT2D eigenvalue weighted by Crippen LogP contribution is -2.49. The SMILES string of the molecule is Cc1nc(-c2ccccc2)cc(N2CCN(C(=O)CCCOc3ccc(Cl)cc3Cl)CC2)n1. The van der Waals surface area contributed by atoms with Gasteiger partial charge in [0.1, 0.15) is 17.4 Å². The van der Waals surface area contributed by atoms with Crippen LogP contribution in [0.2, 0.25) is 10.0 Å². The first-order valence-electron chi connectivity index (χ1n) is 11.0. The van der Waals surface area contributed by atoms with Gasteiger partial charge in [-0.25, -0.2) is 9.97 Å². The largest absolute Gasteiger partial charge is 0.492 e. The summed E-state index contributed by atoms with van der Waals surface area (Å²) >= 11 is 12.0. The Kier molecular flexibility index (Phi) is 7.68. The second-order valence-electron chi connectivity index (χ2n) is 7.92. The van der Waals surface area contributed by atoms with Crippen molar-refractivity contribution in [2.24, 2.45) is 0 Å². The topological polar surface area (TPSA) is 58.6 Å². The van der Waals surface area contributed by atoms with E-state index in [1.807, 2.05) is 48.2 Å². The Balaban J connectivity index is 1.26. The molecular formula is C25H26Cl2N4O2. The maximum atomic E-state index is 12.6. The summed E-state index contributed by atoms with van der Waals surface area (Å²) in [6.45, 7) is 5.17. The average Bonchev–Trinajstić information content (AvgIpc) is 2.83. The number of hydrogen-bond donors (Lipinski definition) is 0. The zero-order valence-electron chi connectivity index (χ0n) is 18.5. The zero-order chi connectivity index (χ0) is 23.2. The maximum Gasteiger partial charge on any atom is 0.222 e. The van der Waals surface area contributed by atoms with Crippen molar-refractivity contribution in [1.29, 1.82) is 0 Å². The van der Waals surface area contributed by atoms with E-state index in [2.05, 4.69) is 14.9 Å². The molecule has 0 aliphatic carbocycles. The van der Waals surface area contributed by atoms with Crippen LogP contribution in [0.15, 0.2) is 54.6 Å². The summed E-state index contributed by atoms with van der Waals surface area (Å²) in [4.78, 5) is 26.0. The van der Waals surface area contributed by atoms with Crippen LogP contribution in [-0.4, -0.2) is 53.6 Å². The molecule has 8 heteroatoms. The monoisotopic (exact) mass is 484 g/mol. The van der Waals surface area contributed by atoms with Gasteiger partial charge in [-0.3, -0.25) is 4.79 Å². The minimum absolute atomic E-state index is 0.143. The fourth-order valence-electron chi connectivity index (χ4n) is 3.81. The number of halogens is 2. The van der Waals surface area contributed by atoms with E-state index in [0.29, 0.717) is 48.3 Å². The van der Waals surface area contributed by atoms with Crippen LogP contribution < -0.4 is 9.64 Å². The molecule has 2 aromatic carbocycles. The Morgan fingerprint density at radius 2 is 1.76 bits per heavy atom. The van der Waals surface area contributed by atoms with Gasteiger partial charge in [0.15, 0.2) is 0 Å². The quantitative estimate of drug-likeness (QED) is 0.427. The molecule has 0 radical (unpaired) electrons. The van der Waals surface area contributed by atoms with E-state index in [-0.39, 0.29) is 5.91 Å². The van der Waals surface area contributed by atoms with Gasteiger partial charge < -0.3 is 14.5 Å². The first-order valence-corrected chi connectivity index (χ1v) is 11.8. The third kappa shape index (κ3) is 6.15. The van der Waals surface area contributed by atoms with Crippen molar-refractivity contribution in [3.8, 4) is 17.0 Å². The number of benzene rings is 2. The van der Waals surface area contributed by atoms with Gasteiger partial charge in [0.25, 0.3) is 0 Å². The van der Waals surface area contributed by atoms with Crippen LogP contribution >= 0.6 is 23.2 Å². The van der Waals surface area contributed by atoms with Gasteiger partial charge in [-0.1, -0.05) is 53.5 Å². The molecule has 1 aliphatic rings. The zero-order valence-corrected chi connectivity index (χ0v) is 20.0. The van der Waals surface area contributed by atoms with Crippen LogP contribution in [0.5, 0.6) is 5.75 Å². The molecule has 2 heterocycles. The number of anilines is 1. The second-order valence-corrected chi connectivity index (χ2v) is 8.76.